The molecule has 132 valence electrons. The van der Waals surface area contributed by atoms with E-state index in [1.165, 1.54) is 19.3 Å². The van der Waals surface area contributed by atoms with E-state index < -0.39 is 0 Å². The molecule has 0 saturated carbocycles. The van der Waals surface area contributed by atoms with Crippen molar-refractivity contribution in [3.63, 3.8) is 0 Å². The number of fused-ring (bicyclic) bond motifs is 1. The molecule has 0 aromatic carbocycles. The highest BCUT2D eigenvalue weighted by Gasteiger charge is 2.30. The summed E-state index contributed by atoms with van der Waals surface area (Å²) in [6.07, 6.45) is 8.22. The zero-order valence-electron chi connectivity index (χ0n) is 14.2. The second kappa shape index (κ2) is 7.12. The maximum Gasteiger partial charge on any atom is 0.272 e. The maximum atomic E-state index is 12.8. The molecule has 0 aliphatic carbocycles. The number of nitrogens with zero attached hydrogens (tertiary/aromatic N) is 5. The molecule has 2 aromatic rings. The lowest BCUT2D eigenvalue weighted by atomic mass is 9.96. The molecule has 1 unspecified atom stereocenters. The lowest BCUT2D eigenvalue weighted by Gasteiger charge is -2.32. The van der Waals surface area contributed by atoms with Gasteiger partial charge in [-0.1, -0.05) is 18.0 Å². The van der Waals surface area contributed by atoms with E-state index >= 15 is 0 Å². The summed E-state index contributed by atoms with van der Waals surface area (Å²) in [6.45, 7) is 2.42. The number of carbonyl (C=O) groups excluding carboxylic acids is 1. The Balaban J connectivity index is 1.53. The second-order valence-corrected chi connectivity index (χ2v) is 7.32. The van der Waals surface area contributed by atoms with Gasteiger partial charge < -0.3 is 9.47 Å². The normalized spacial score (nSPS) is 20.8. The van der Waals surface area contributed by atoms with Crippen LogP contribution in [0.4, 0.5) is 0 Å². The molecule has 4 heterocycles. The summed E-state index contributed by atoms with van der Waals surface area (Å²) in [5.41, 5.74) is 0.410. The first-order chi connectivity index (χ1) is 12.2. The van der Waals surface area contributed by atoms with Crippen LogP contribution in [0.15, 0.2) is 18.3 Å². The lowest BCUT2D eigenvalue weighted by Crippen LogP contribution is -2.40. The van der Waals surface area contributed by atoms with Gasteiger partial charge in [0.2, 0.25) is 0 Å². The molecule has 6 nitrogen and oxygen atoms in total. The smallest absolute Gasteiger partial charge is 0.272 e. The topological polar surface area (TPSA) is 63.9 Å². The quantitative estimate of drug-likeness (QED) is 0.826. The molecule has 1 atom stereocenters. The third kappa shape index (κ3) is 3.40. The predicted octanol–water partition coefficient (Wildman–Crippen LogP) is 3.07. The van der Waals surface area contributed by atoms with Gasteiger partial charge in [0.05, 0.1) is 0 Å². The Bertz CT molecular complexity index is 775. The molecule has 2 aromatic heterocycles. The van der Waals surface area contributed by atoms with E-state index in [0.29, 0.717) is 17.3 Å². The standard InChI is InChI=1S/C18H22ClN5O/c19-14-7-8-20-15(11-14)18(25)23-9-4-5-13(12-23)17-22-21-16-6-2-1-3-10-24(16)17/h7-8,11,13H,1-6,9-10,12H2. The lowest BCUT2D eigenvalue weighted by molar-refractivity contribution is 0.0697. The van der Waals surface area contributed by atoms with E-state index in [0.717, 1.165) is 44.0 Å². The Kier molecular flexibility index (Phi) is 4.70. The number of carbonyl (C=O) groups is 1. The minimum atomic E-state index is -0.0530. The number of aryl methyl sites for hydroxylation is 1. The van der Waals surface area contributed by atoms with Crippen LogP contribution >= 0.6 is 11.6 Å². The van der Waals surface area contributed by atoms with Crippen LogP contribution in [-0.2, 0) is 13.0 Å². The van der Waals surface area contributed by atoms with Crippen molar-refractivity contribution < 1.29 is 4.79 Å². The number of hydrogen-bond acceptors (Lipinski definition) is 4. The monoisotopic (exact) mass is 359 g/mol. The first kappa shape index (κ1) is 16.5. The van der Waals surface area contributed by atoms with Gasteiger partial charge in [0, 0.05) is 43.2 Å². The molecule has 1 fully saturated rings. The zero-order valence-corrected chi connectivity index (χ0v) is 15.0. The number of rotatable bonds is 2. The average molecular weight is 360 g/mol. The molecular formula is C18H22ClN5O. The summed E-state index contributed by atoms with van der Waals surface area (Å²) in [7, 11) is 0. The van der Waals surface area contributed by atoms with Gasteiger partial charge in [-0.2, -0.15) is 0 Å². The van der Waals surface area contributed by atoms with E-state index in [9.17, 15) is 4.79 Å². The first-order valence-electron chi connectivity index (χ1n) is 9.05. The predicted molar refractivity (Wildman–Crippen MR) is 94.7 cm³/mol. The summed E-state index contributed by atoms with van der Waals surface area (Å²) < 4.78 is 2.29. The number of halogens is 1. The largest absolute Gasteiger partial charge is 0.337 e. The van der Waals surface area contributed by atoms with Crippen molar-refractivity contribution >= 4 is 17.5 Å². The Labute approximate surface area is 152 Å². The van der Waals surface area contributed by atoms with Crippen LogP contribution in [0.5, 0.6) is 0 Å². The summed E-state index contributed by atoms with van der Waals surface area (Å²) in [5, 5.41) is 9.43. The van der Waals surface area contributed by atoms with E-state index in [4.69, 9.17) is 11.6 Å². The number of piperidine rings is 1. The van der Waals surface area contributed by atoms with Crippen molar-refractivity contribution in [2.45, 2.75) is 51.0 Å². The molecule has 2 aliphatic rings. The SMILES string of the molecule is O=C(c1cc(Cl)ccn1)N1CCCC(c2nnc3n2CCCCC3)C1. The molecule has 0 N–H and O–H groups in total. The van der Waals surface area contributed by atoms with Gasteiger partial charge in [-0.25, -0.2) is 0 Å². The van der Waals surface area contributed by atoms with Crippen molar-refractivity contribution in [1.82, 2.24) is 24.6 Å². The molecular weight excluding hydrogens is 338 g/mol. The van der Waals surface area contributed by atoms with E-state index in [2.05, 4.69) is 19.7 Å². The molecule has 25 heavy (non-hydrogen) atoms. The number of aromatic nitrogens is 4. The molecule has 2 aliphatic heterocycles. The summed E-state index contributed by atoms with van der Waals surface area (Å²) in [4.78, 5) is 18.8. The third-order valence-electron chi connectivity index (χ3n) is 5.15. The molecule has 1 saturated heterocycles. The summed E-state index contributed by atoms with van der Waals surface area (Å²) >= 11 is 6.00. The van der Waals surface area contributed by atoms with Gasteiger partial charge in [0.15, 0.2) is 0 Å². The molecule has 7 heteroatoms. The number of amides is 1. The Morgan fingerprint density at radius 3 is 2.96 bits per heavy atom. The van der Waals surface area contributed by atoms with Crippen LogP contribution in [0.1, 0.15) is 60.2 Å². The van der Waals surface area contributed by atoms with Crippen LogP contribution in [0.25, 0.3) is 0 Å². The fourth-order valence-electron chi connectivity index (χ4n) is 3.87. The molecule has 0 radical (unpaired) electrons. The number of hydrogen-bond donors (Lipinski definition) is 0. The Hall–Kier alpha value is -1.95. The zero-order chi connectivity index (χ0) is 17.2. The van der Waals surface area contributed by atoms with E-state index in [1.54, 1.807) is 18.3 Å². The van der Waals surface area contributed by atoms with Crippen molar-refractivity contribution in [3.05, 3.63) is 40.7 Å². The van der Waals surface area contributed by atoms with Gasteiger partial charge in [0.1, 0.15) is 17.3 Å². The van der Waals surface area contributed by atoms with Crippen molar-refractivity contribution in [2.75, 3.05) is 13.1 Å². The van der Waals surface area contributed by atoms with Crippen LogP contribution < -0.4 is 0 Å². The van der Waals surface area contributed by atoms with Crippen molar-refractivity contribution in [1.29, 1.82) is 0 Å². The fourth-order valence-corrected chi connectivity index (χ4v) is 4.03. The maximum absolute atomic E-state index is 12.8. The van der Waals surface area contributed by atoms with Crippen molar-refractivity contribution in [2.24, 2.45) is 0 Å². The second-order valence-electron chi connectivity index (χ2n) is 6.89. The minimum Gasteiger partial charge on any atom is -0.337 e. The van der Waals surface area contributed by atoms with E-state index in [-0.39, 0.29) is 11.8 Å². The average Bonchev–Trinajstić information content (AvgIpc) is 2.90. The summed E-state index contributed by atoms with van der Waals surface area (Å²) in [6, 6.07) is 3.32. The van der Waals surface area contributed by atoms with Gasteiger partial charge in [-0.05, 0) is 37.8 Å². The minimum absolute atomic E-state index is 0.0530. The van der Waals surface area contributed by atoms with Crippen LogP contribution in [-0.4, -0.2) is 43.6 Å². The van der Waals surface area contributed by atoms with Gasteiger partial charge in [-0.3, -0.25) is 9.78 Å². The van der Waals surface area contributed by atoms with Gasteiger partial charge in [0.25, 0.3) is 5.91 Å². The number of likely N-dealkylation sites (tertiary alicyclic amines) is 1. The number of pyridine rings is 1. The molecule has 4 rings (SSSR count). The third-order valence-corrected chi connectivity index (χ3v) is 5.39. The highest BCUT2D eigenvalue weighted by atomic mass is 35.5. The Morgan fingerprint density at radius 2 is 2.08 bits per heavy atom. The molecule has 1 amide bonds. The van der Waals surface area contributed by atoms with Gasteiger partial charge >= 0.3 is 0 Å². The Morgan fingerprint density at radius 1 is 1.16 bits per heavy atom. The highest BCUT2D eigenvalue weighted by molar-refractivity contribution is 6.30. The van der Waals surface area contributed by atoms with Crippen LogP contribution in [0, 0.1) is 0 Å². The van der Waals surface area contributed by atoms with E-state index in [1.807, 2.05) is 4.90 Å². The van der Waals surface area contributed by atoms with Gasteiger partial charge in [-0.15, -0.1) is 10.2 Å². The van der Waals surface area contributed by atoms with Crippen LogP contribution in [0.3, 0.4) is 0 Å². The fraction of sp³-hybridized carbons (Fsp3) is 0.556. The summed E-state index contributed by atoms with van der Waals surface area (Å²) in [5.74, 6) is 2.35. The highest BCUT2D eigenvalue weighted by Crippen LogP contribution is 2.28. The molecule has 0 spiro atoms. The van der Waals surface area contributed by atoms with Crippen molar-refractivity contribution in [3.8, 4) is 0 Å². The first-order valence-corrected chi connectivity index (χ1v) is 9.43. The molecule has 0 bridgehead atoms. The van der Waals surface area contributed by atoms with Crippen LogP contribution in [0.2, 0.25) is 5.02 Å².